The summed E-state index contributed by atoms with van der Waals surface area (Å²) in [5.41, 5.74) is 5.58. The van der Waals surface area contributed by atoms with Crippen LogP contribution in [0.25, 0.3) is 0 Å². The molecule has 1 amide bonds. The fourth-order valence-electron chi connectivity index (χ4n) is 2.41. The molecule has 1 saturated carbocycles. The van der Waals surface area contributed by atoms with Crippen LogP contribution in [0.4, 0.5) is 0 Å². The summed E-state index contributed by atoms with van der Waals surface area (Å²) in [5.74, 6) is 0.690. The van der Waals surface area contributed by atoms with E-state index in [0.29, 0.717) is 12.5 Å². The van der Waals surface area contributed by atoms with Gasteiger partial charge in [0.2, 0.25) is 5.91 Å². The van der Waals surface area contributed by atoms with Crippen LogP contribution in [0.2, 0.25) is 0 Å². The molecule has 0 heterocycles. The summed E-state index contributed by atoms with van der Waals surface area (Å²) in [7, 11) is 0. The summed E-state index contributed by atoms with van der Waals surface area (Å²) in [6, 6.07) is 0. The third kappa shape index (κ3) is 3.48. The maximum atomic E-state index is 12.2. The smallest absolute Gasteiger partial charge is 0.227 e. The monoisotopic (exact) mass is 226 g/mol. The molecule has 94 valence electrons. The van der Waals surface area contributed by atoms with E-state index < -0.39 is 0 Å². The van der Waals surface area contributed by atoms with Crippen LogP contribution in [0.3, 0.4) is 0 Å². The highest BCUT2D eigenvalue weighted by atomic mass is 16.2. The van der Waals surface area contributed by atoms with Gasteiger partial charge in [0, 0.05) is 13.1 Å². The maximum Gasteiger partial charge on any atom is 0.227 e. The molecule has 0 aromatic carbocycles. The molecule has 0 unspecified atom stereocenters. The SMILES string of the molecule is CC(C)CNC(=O)C1(CN)CCCCCC1. The molecule has 1 aliphatic rings. The number of carbonyl (C=O) groups excluding carboxylic acids is 1. The van der Waals surface area contributed by atoms with Crippen LogP contribution in [0, 0.1) is 11.3 Å². The first kappa shape index (κ1) is 13.5. The Morgan fingerprint density at radius 2 is 1.81 bits per heavy atom. The molecule has 0 bridgehead atoms. The van der Waals surface area contributed by atoms with Crippen LogP contribution in [0.1, 0.15) is 52.4 Å². The van der Waals surface area contributed by atoms with Crippen molar-refractivity contribution in [3.63, 3.8) is 0 Å². The number of amides is 1. The average molecular weight is 226 g/mol. The van der Waals surface area contributed by atoms with E-state index in [-0.39, 0.29) is 11.3 Å². The number of nitrogens with one attached hydrogen (secondary N) is 1. The number of hydrogen-bond acceptors (Lipinski definition) is 2. The first-order chi connectivity index (χ1) is 7.60. The van der Waals surface area contributed by atoms with Gasteiger partial charge in [0.05, 0.1) is 5.41 Å². The van der Waals surface area contributed by atoms with E-state index in [1.165, 1.54) is 12.8 Å². The summed E-state index contributed by atoms with van der Waals surface area (Å²) in [6.07, 6.45) is 6.72. The molecule has 3 N–H and O–H groups in total. The van der Waals surface area contributed by atoms with E-state index in [1.54, 1.807) is 0 Å². The van der Waals surface area contributed by atoms with Gasteiger partial charge in [-0.2, -0.15) is 0 Å². The van der Waals surface area contributed by atoms with Gasteiger partial charge in [-0.15, -0.1) is 0 Å². The van der Waals surface area contributed by atoms with Gasteiger partial charge in [0.1, 0.15) is 0 Å². The van der Waals surface area contributed by atoms with Crippen LogP contribution in [0.15, 0.2) is 0 Å². The Labute approximate surface area is 99.2 Å². The molecular formula is C13H26N2O. The van der Waals surface area contributed by atoms with Gasteiger partial charge in [-0.3, -0.25) is 4.79 Å². The van der Waals surface area contributed by atoms with E-state index in [0.717, 1.165) is 32.2 Å². The summed E-state index contributed by atoms with van der Waals surface area (Å²) in [4.78, 5) is 12.2. The van der Waals surface area contributed by atoms with Crippen molar-refractivity contribution in [2.45, 2.75) is 52.4 Å². The van der Waals surface area contributed by atoms with Gasteiger partial charge in [0.25, 0.3) is 0 Å². The zero-order chi connectivity index (χ0) is 12.0. The third-order valence-corrected chi connectivity index (χ3v) is 3.60. The molecule has 3 nitrogen and oxygen atoms in total. The minimum Gasteiger partial charge on any atom is -0.355 e. The van der Waals surface area contributed by atoms with E-state index >= 15 is 0 Å². The van der Waals surface area contributed by atoms with E-state index in [9.17, 15) is 4.79 Å². The Balaban J connectivity index is 2.58. The Kier molecular flexibility index (Phi) is 5.26. The van der Waals surface area contributed by atoms with Crippen molar-refractivity contribution in [1.82, 2.24) is 5.32 Å². The van der Waals surface area contributed by atoms with Crippen molar-refractivity contribution < 1.29 is 4.79 Å². The summed E-state index contributed by atoms with van der Waals surface area (Å²) < 4.78 is 0. The lowest BCUT2D eigenvalue weighted by atomic mass is 9.79. The standard InChI is InChI=1S/C13H26N2O/c1-11(2)9-15-12(16)13(10-14)7-5-3-4-6-8-13/h11H,3-10,14H2,1-2H3,(H,15,16). The van der Waals surface area contributed by atoms with Crippen LogP contribution in [-0.4, -0.2) is 19.0 Å². The largest absolute Gasteiger partial charge is 0.355 e. The predicted octanol–water partition coefficient (Wildman–Crippen LogP) is 2.06. The molecule has 0 saturated heterocycles. The van der Waals surface area contributed by atoms with Crippen molar-refractivity contribution in [3.05, 3.63) is 0 Å². The first-order valence-electron chi connectivity index (χ1n) is 6.59. The van der Waals surface area contributed by atoms with Gasteiger partial charge < -0.3 is 11.1 Å². The van der Waals surface area contributed by atoms with E-state index in [1.807, 2.05) is 0 Å². The topological polar surface area (TPSA) is 55.1 Å². The number of hydrogen-bond donors (Lipinski definition) is 2. The number of carbonyl (C=O) groups is 1. The highest BCUT2D eigenvalue weighted by molar-refractivity contribution is 5.82. The first-order valence-corrected chi connectivity index (χ1v) is 6.59. The Morgan fingerprint density at radius 1 is 1.25 bits per heavy atom. The average Bonchev–Trinajstić information content (AvgIpc) is 2.51. The van der Waals surface area contributed by atoms with Crippen molar-refractivity contribution >= 4 is 5.91 Å². The molecule has 0 spiro atoms. The van der Waals surface area contributed by atoms with Crippen LogP contribution < -0.4 is 11.1 Å². The summed E-state index contributed by atoms with van der Waals surface area (Å²) in [6.45, 7) is 5.49. The zero-order valence-electron chi connectivity index (χ0n) is 10.7. The van der Waals surface area contributed by atoms with Crippen molar-refractivity contribution in [2.75, 3.05) is 13.1 Å². The maximum absolute atomic E-state index is 12.2. The van der Waals surface area contributed by atoms with Crippen LogP contribution >= 0.6 is 0 Å². The Hall–Kier alpha value is -0.570. The number of nitrogens with two attached hydrogens (primary N) is 1. The van der Waals surface area contributed by atoms with Crippen molar-refractivity contribution in [2.24, 2.45) is 17.1 Å². The Morgan fingerprint density at radius 3 is 2.25 bits per heavy atom. The van der Waals surface area contributed by atoms with Crippen LogP contribution in [-0.2, 0) is 4.79 Å². The number of rotatable bonds is 4. The highest BCUT2D eigenvalue weighted by Crippen LogP contribution is 2.34. The van der Waals surface area contributed by atoms with Crippen molar-refractivity contribution in [3.8, 4) is 0 Å². The minimum absolute atomic E-state index is 0.186. The van der Waals surface area contributed by atoms with Gasteiger partial charge in [-0.25, -0.2) is 0 Å². The Bertz CT molecular complexity index is 218. The second-order valence-electron chi connectivity index (χ2n) is 5.50. The second-order valence-corrected chi connectivity index (χ2v) is 5.50. The molecule has 0 aliphatic heterocycles. The quantitative estimate of drug-likeness (QED) is 0.721. The van der Waals surface area contributed by atoms with E-state index in [4.69, 9.17) is 5.73 Å². The fourth-order valence-corrected chi connectivity index (χ4v) is 2.41. The molecule has 0 radical (unpaired) electrons. The molecule has 1 rings (SSSR count). The fraction of sp³-hybridized carbons (Fsp3) is 0.923. The van der Waals surface area contributed by atoms with Crippen molar-refractivity contribution in [1.29, 1.82) is 0 Å². The molecule has 0 aromatic heterocycles. The zero-order valence-corrected chi connectivity index (χ0v) is 10.7. The lowest BCUT2D eigenvalue weighted by molar-refractivity contribution is -0.131. The van der Waals surface area contributed by atoms with Gasteiger partial charge in [-0.05, 0) is 18.8 Å². The minimum atomic E-state index is -0.272. The van der Waals surface area contributed by atoms with Crippen LogP contribution in [0.5, 0.6) is 0 Å². The molecule has 3 heteroatoms. The highest BCUT2D eigenvalue weighted by Gasteiger charge is 2.36. The van der Waals surface area contributed by atoms with Gasteiger partial charge >= 0.3 is 0 Å². The predicted molar refractivity (Wildman–Crippen MR) is 67.0 cm³/mol. The molecule has 0 aromatic rings. The lowest BCUT2D eigenvalue weighted by Crippen LogP contribution is -2.46. The normalized spacial score (nSPS) is 20.5. The van der Waals surface area contributed by atoms with Gasteiger partial charge in [0.15, 0.2) is 0 Å². The summed E-state index contributed by atoms with van der Waals surface area (Å²) >= 11 is 0. The van der Waals surface area contributed by atoms with E-state index in [2.05, 4.69) is 19.2 Å². The summed E-state index contributed by atoms with van der Waals surface area (Å²) in [5, 5.41) is 3.05. The third-order valence-electron chi connectivity index (χ3n) is 3.60. The molecular weight excluding hydrogens is 200 g/mol. The molecule has 1 aliphatic carbocycles. The molecule has 1 fully saturated rings. The molecule has 0 atom stereocenters. The lowest BCUT2D eigenvalue weighted by Gasteiger charge is -2.30. The second kappa shape index (κ2) is 6.24. The van der Waals surface area contributed by atoms with Gasteiger partial charge in [-0.1, -0.05) is 39.5 Å². The molecule has 16 heavy (non-hydrogen) atoms.